The van der Waals surface area contributed by atoms with Gasteiger partial charge in [0.2, 0.25) is 17.8 Å². The summed E-state index contributed by atoms with van der Waals surface area (Å²) in [4.78, 5) is 44.7. The van der Waals surface area contributed by atoms with Crippen molar-refractivity contribution in [1.29, 1.82) is 0 Å². The highest BCUT2D eigenvalue weighted by molar-refractivity contribution is 6.42. The fourth-order valence-electron chi connectivity index (χ4n) is 3.16. The number of aromatic amines is 1. The van der Waals surface area contributed by atoms with E-state index in [9.17, 15) is 14.4 Å². The lowest BCUT2D eigenvalue weighted by Gasteiger charge is -2.23. The van der Waals surface area contributed by atoms with Crippen LogP contribution < -0.4 is 21.5 Å². The SMILES string of the molecule is O=C1C[C@@H](C(=O)Nc2ccc(Cl)c(Cl)c2)c2c(nc(Nc3cccc(Cl)c3)[nH]c2=O)N1. The van der Waals surface area contributed by atoms with Gasteiger partial charge in [-0.25, -0.2) is 0 Å². The summed E-state index contributed by atoms with van der Waals surface area (Å²) in [5.74, 6) is -1.91. The average Bonchev–Trinajstić information content (AvgIpc) is 2.70. The number of nitrogens with zero attached hydrogens (tertiary/aromatic N) is 1. The number of carbonyl (C=O) groups excluding carboxylic acids is 2. The van der Waals surface area contributed by atoms with Crippen molar-refractivity contribution in [2.75, 3.05) is 16.0 Å². The van der Waals surface area contributed by atoms with E-state index in [1.54, 1.807) is 30.3 Å². The Balaban J connectivity index is 1.64. The maximum Gasteiger partial charge on any atom is 0.258 e. The molecule has 0 saturated heterocycles. The first-order chi connectivity index (χ1) is 14.8. The minimum atomic E-state index is -1.03. The number of H-pyrrole nitrogens is 1. The van der Waals surface area contributed by atoms with Gasteiger partial charge in [0.05, 0.1) is 21.5 Å². The van der Waals surface area contributed by atoms with Gasteiger partial charge in [-0.15, -0.1) is 0 Å². The van der Waals surface area contributed by atoms with Gasteiger partial charge in [0.1, 0.15) is 5.82 Å². The van der Waals surface area contributed by atoms with E-state index in [1.807, 2.05) is 0 Å². The first-order valence-electron chi connectivity index (χ1n) is 9.03. The van der Waals surface area contributed by atoms with Crippen molar-refractivity contribution in [2.24, 2.45) is 0 Å². The Bertz CT molecular complexity index is 1260. The molecule has 31 heavy (non-hydrogen) atoms. The third kappa shape index (κ3) is 4.66. The summed E-state index contributed by atoms with van der Waals surface area (Å²) < 4.78 is 0. The van der Waals surface area contributed by atoms with E-state index < -0.39 is 23.3 Å². The molecule has 11 heteroatoms. The topological polar surface area (TPSA) is 116 Å². The Labute approximate surface area is 190 Å². The van der Waals surface area contributed by atoms with Crippen LogP contribution in [0, 0.1) is 0 Å². The normalized spacial score (nSPS) is 15.1. The molecule has 0 radical (unpaired) electrons. The predicted octanol–water partition coefficient (Wildman–Crippen LogP) is 4.54. The van der Waals surface area contributed by atoms with Gasteiger partial charge in [0, 0.05) is 22.8 Å². The van der Waals surface area contributed by atoms with Crippen molar-refractivity contribution in [1.82, 2.24) is 9.97 Å². The van der Waals surface area contributed by atoms with Gasteiger partial charge in [-0.05, 0) is 36.4 Å². The van der Waals surface area contributed by atoms with Crippen molar-refractivity contribution in [3.63, 3.8) is 0 Å². The first kappa shape index (κ1) is 21.2. The minimum Gasteiger partial charge on any atom is -0.326 e. The van der Waals surface area contributed by atoms with E-state index in [1.165, 1.54) is 12.1 Å². The Morgan fingerprint density at radius 2 is 1.84 bits per heavy atom. The summed E-state index contributed by atoms with van der Waals surface area (Å²) in [6.07, 6.45) is -0.202. The molecule has 1 aromatic heterocycles. The highest BCUT2D eigenvalue weighted by atomic mass is 35.5. The number of nitrogens with one attached hydrogen (secondary N) is 4. The highest BCUT2D eigenvalue weighted by Crippen LogP contribution is 2.31. The summed E-state index contributed by atoms with van der Waals surface area (Å²) in [5, 5.41) is 9.22. The largest absolute Gasteiger partial charge is 0.326 e. The number of hydrogen-bond acceptors (Lipinski definition) is 5. The quantitative estimate of drug-likeness (QED) is 0.439. The van der Waals surface area contributed by atoms with Crippen molar-refractivity contribution in [3.8, 4) is 0 Å². The molecule has 1 aliphatic rings. The summed E-state index contributed by atoms with van der Waals surface area (Å²) >= 11 is 17.8. The summed E-state index contributed by atoms with van der Waals surface area (Å²) in [6, 6.07) is 11.4. The summed E-state index contributed by atoms with van der Waals surface area (Å²) in [6.45, 7) is 0. The molecule has 3 aromatic rings. The Morgan fingerprint density at radius 1 is 1.03 bits per heavy atom. The molecule has 0 bridgehead atoms. The van der Waals surface area contributed by atoms with Gasteiger partial charge >= 0.3 is 0 Å². The van der Waals surface area contributed by atoms with E-state index in [-0.39, 0.29) is 28.8 Å². The van der Waals surface area contributed by atoms with E-state index in [0.717, 1.165) is 0 Å². The fraction of sp³-hybridized carbons (Fsp3) is 0.100. The van der Waals surface area contributed by atoms with E-state index in [2.05, 4.69) is 25.9 Å². The molecule has 0 spiro atoms. The van der Waals surface area contributed by atoms with Crippen molar-refractivity contribution in [3.05, 3.63) is 73.4 Å². The molecule has 1 atom stereocenters. The third-order valence-electron chi connectivity index (χ3n) is 4.54. The number of hydrogen-bond donors (Lipinski definition) is 4. The summed E-state index contributed by atoms with van der Waals surface area (Å²) in [5.41, 5.74) is 0.486. The van der Waals surface area contributed by atoms with Gasteiger partial charge in [0.25, 0.3) is 5.56 Å². The van der Waals surface area contributed by atoms with Crippen LogP contribution in [0.5, 0.6) is 0 Å². The minimum absolute atomic E-state index is 0.0128. The van der Waals surface area contributed by atoms with Crippen molar-refractivity contribution >= 4 is 69.8 Å². The fourth-order valence-corrected chi connectivity index (χ4v) is 3.65. The molecular formula is C20H14Cl3N5O3. The van der Waals surface area contributed by atoms with Crippen LogP contribution in [0.25, 0.3) is 0 Å². The van der Waals surface area contributed by atoms with Gasteiger partial charge in [-0.1, -0.05) is 40.9 Å². The Morgan fingerprint density at radius 3 is 2.58 bits per heavy atom. The van der Waals surface area contributed by atoms with Gasteiger partial charge in [-0.3, -0.25) is 19.4 Å². The molecule has 2 aromatic carbocycles. The zero-order chi connectivity index (χ0) is 22.1. The number of rotatable bonds is 4. The maximum absolute atomic E-state index is 12.9. The van der Waals surface area contributed by atoms with Crippen LogP contribution in [0.3, 0.4) is 0 Å². The van der Waals surface area contributed by atoms with E-state index in [4.69, 9.17) is 34.8 Å². The number of fused-ring (bicyclic) bond motifs is 1. The molecular weight excluding hydrogens is 465 g/mol. The van der Waals surface area contributed by atoms with Crippen LogP contribution in [0.4, 0.5) is 23.1 Å². The predicted molar refractivity (Wildman–Crippen MR) is 121 cm³/mol. The molecule has 158 valence electrons. The molecule has 0 fully saturated rings. The monoisotopic (exact) mass is 477 g/mol. The number of anilines is 4. The number of amides is 2. The second-order valence-electron chi connectivity index (χ2n) is 6.74. The zero-order valence-corrected chi connectivity index (χ0v) is 17.9. The molecule has 2 amide bonds. The van der Waals surface area contributed by atoms with Crippen LogP contribution in [-0.4, -0.2) is 21.8 Å². The molecule has 0 unspecified atom stereocenters. The third-order valence-corrected chi connectivity index (χ3v) is 5.52. The lowest BCUT2D eigenvalue weighted by molar-refractivity contribution is -0.123. The molecule has 8 nitrogen and oxygen atoms in total. The lowest BCUT2D eigenvalue weighted by atomic mass is 9.92. The average molecular weight is 479 g/mol. The number of halogens is 3. The van der Waals surface area contributed by atoms with Crippen LogP contribution in [-0.2, 0) is 9.59 Å². The molecule has 4 rings (SSSR count). The highest BCUT2D eigenvalue weighted by Gasteiger charge is 2.34. The van der Waals surface area contributed by atoms with Crippen LogP contribution in [0.15, 0.2) is 47.3 Å². The second kappa shape index (κ2) is 8.58. The molecule has 1 aliphatic heterocycles. The standard InChI is InChI=1S/C20H14Cl3N5O3/c21-9-2-1-3-10(6-9)25-20-27-17-16(19(31)28-20)12(8-15(29)26-17)18(30)24-11-4-5-13(22)14(23)7-11/h1-7,12H,8H2,(H,24,30)(H3,25,26,27,28,29,31)/t12-/m1/s1. The maximum atomic E-state index is 12.9. The van der Waals surface area contributed by atoms with Crippen LogP contribution >= 0.6 is 34.8 Å². The van der Waals surface area contributed by atoms with Gasteiger partial charge < -0.3 is 16.0 Å². The molecule has 0 saturated carbocycles. The van der Waals surface area contributed by atoms with E-state index in [0.29, 0.717) is 21.4 Å². The van der Waals surface area contributed by atoms with E-state index >= 15 is 0 Å². The van der Waals surface area contributed by atoms with Crippen LogP contribution in [0.1, 0.15) is 17.9 Å². The number of benzene rings is 2. The zero-order valence-electron chi connectivity index (χ0n) is 15.6. The number of carbonyl (C=O) groups is 2. The lowest BCUT2D eigenvalue weighted by Crippen LogP contribution is -2.36. The number of aromatic nitrogens is 2. The Hall–Kier alpha value is -3.07. The molecule has 4 N–H and O–H groups in total. The van der Waals surface area contributed by atoms with Gasteiger partial charge in [-0.2, -0.15) is 4.98 Å². The molecule has 0 aliphatic carbocycles. The first-order valence-corrected chi connectivity index (χ1v) is 10.2. The van der Waals surface area contributed by atoms with Gasteiger partial charge in [0.15, 0.2) is 0 Å². The smallest absolute Gasteiger partial charge is 0.258 e. The van der Waals surface area contributed by atoms with Crippen molar-refractivity contribution < 1.29 is 9.59 Å². The second-order valence-corrected chi connectivity index (χ2v) is 7.99. The van der Waals surface area contributed by atoms with Crippen LogP contribution in [0.2, 0.25) is 15.1 Å². The Kier molecular flexibility index (Phi) is 5.86. The molecule has 2 heterocycles. The van der Waals surface area contributed by atoms with Crippen molar-refractivity contribution in [2.45, 2.75) is 12.3 Å². The summed E-state index contributed by atoms with van der Waals surface area (Å²) in [7, 11) is 0.